The molecule has 0 saturated heterocycles. The minimum absolute atomic E-state index is 0.00686. The largest absolute Gasteiger partial charge is 0.478 e. The summed E-state index contributed by atoms with van der Waals surface area (Å²) in [5.74, 6) is -0.999. The fourth-order valence-corrected chi connectivity index (χ4v) is 3.39. The van der Waals surface area contributed by atoms with Crippen molar-refractivity contribution in [1.82, 2.24) is 29.5 Å². The number of hydrogen-bond acceptors (Lipinski definition) is 5. The maximum atomic E-state index is 12.8. The molecular weight excluding hydrogens is 396 g/mol. The van der Waals surface area contributed by atoms with Crippen LogP contribution in [0, 0.1) is 6.92 Å². The zero-order valence-corrected chi connectivity index (χ0v) is 16.4. The van der Waals surface area contributed by atoms with Crippen LogP contribution in [0.2, 0.25) is 5.02 Å². The van der Waals surface area contributed by atoms with Crippen molar-refractivity contribution in [1.29, 1.82) is 0 Å². The first-order valence-corrected chi connectivity index (χ1v) is 9.28. The number of aromatic amines is 1. The van der Waals surface area contributed by atoms with E-state index in [-0.39, 0.29) is 23.1 Å². The van der Waals surface area contributed by atoms with Crippen LogP contribution < -0.4 is 5.56 Å². The Balaban J connectivity index is 1.81. The smallest absolute Gasteiger partial charge is 0.338 e. The highest BCUT2D eigenvalue weighted by Gasteiger charge is 2.20. The number of H-pyrrole nitrogens is 1. The summed E-state index contributed by atoms with van der Waals surface area (Å²) in [6.07, 6.45) is 4.69. The number of nitrogens with zero attached hydrogens (tertiary/aromatic N) is 5. The van der Waals surface area contributed by atoms with Gasteiger partial charge in [0.05, 0.1) is 24.0 Å². The molecule has 4 rings (SSSR count). The summed E-state index contributed by atoms with van der Waals surface area (Å²) in [6.45, 7) is 3.94. The molecule has 0 bridgehead atoms. The van der Waals surface area contributed by atoms with Gasteiger partial charge in [0.15, 0.2) is 5.52 Å². The average molecular weight is 413 g/mol. The lowest BCUT2D eigenvalue weighted by Crippen LogP contribution is -2.20. The summed E-state index contributed by atoms with van der Waals surface area (Å²) in [5.41, 5.74) is 2.26. The first kappa shape index (κ1) is 18.9. The third kappa shape index (κ3) is 3.29. The van der Waals surface area contributed by atoms with E-state index in [1.54, 1.807) is 4.68 Å². The number of nitrogens with one attached hydrogen (secondary N) is 1. The maximum Gasteiger partial charge on any atom is 0.338 e. The second-order valence-corrected chi connectivity index (χ2v) is 7.03. The van der Waals surface area contributed by atoms with Crippen LogP contribution in [0.4, 0.5) is 0 Å². The standard InChI is InChI=1S/C19H17ClN6O3/c1-3-15(11-4-5-13(20)10(2)6-11)26-16-14(8-22-26)23-19(24-17(16)27)25-9-12(7-21-25)18(28)29/h4-9,15H,3H2,1-2H3,(H,28,29)(H,23,24,27). The van der Waals surface area contributed by atoms with E-state index in [2.05, 4.69) is 20.2 Å². The molecule has 0 radical (unpaired) electrons. The molecule has 2 N–H and O–H groups in total. The van der Waals surface area contributed by atoms with E-state index in [1.165, 1.54) is 23.3 Å². The molecule has 0 fully saturated rings. The maximum absolute atomic E-state index is 12.8. The van der Waals surface area contributed by atoms with Gasteiger partial charge in [0.1, 0.15) is 5.52 Å². The zero-order chi connectivity index (χ0) is 20.7. The average Bonchev–Trinajstić information content (AvgIpc) is 3.33. The van der Waals surface area contributed by atoms with Gasteiger partial charge in [-0.2, -0.15) is 10.2 Å². The number of rotatable bonds is 5. The lowest BCUT2D eigenvalue weighted by atomic mass is 10.0. The Labute approximate surface area is 169 Å². The summed E-state index contributed by atoms with van der Waals surface area (Å²) < 4.78 is 2.86. The molecule has 0 amide bonds. The van der Waals surface area contributed by atoms with E-state index < -0.39 is 5.97 Å². The fourth-order valence-electron chi connectivity index (χ4n) is 3.28. The highest BCUT2D eigenvalue weighted by atomic mass is 35.5. The van der Waals surface area contributed by atoms with E-state index in [9.17, 15) is 9.59 Å². The number of carboxylic acids is 1. The van der Waals surface area contributed by atoms with Crippen molar-refractivity contribution < 1.29 is 9.90 Å². The van der Waals surface area contributed by atoms with Crippen LogP contribution in [-0.4, -0.2) is 40.6 Å². The molecule has 1 unspecified atom stereocenters. The van der Waals surface area contributed by atoms with Gasteiger partial charge < -0.3 is 5.11 Å². The number of hydrogen-bond donors (Lipinski definition) is 2. The molecule has 4 aromatic rings. The highest BCUT2D eigenvalue weighted by Crippen LogP contribution is 2.27. The van der Waals surface area contributed by atoms with Gasteiger partial charge in [0.2, 0.25) is 5.95 Å². The molecule has 148 valence electrons. The molecule has 1 atom stereocenters. The van der Waals surface area contributed by atoms with Gasteiger partial charge in [-0.25, -0.2) is 14.5 Å². The lowest BCUT2D eigenvalue weighted by Gasteiger charge is -2.18. The molecule has 1 aromatic carbocycles. The second kappa shape index (κ2) is 7.17. The number of halogens is 1. The monoisotopic (exact) mass is 412 g/mol. The van der Waals surface area contributed by atoms with Crippen LogP contribution in [0.3, 0.4) is 0 Å². The summed E-state index contributed by atoms with van der Waals surface area (Å²) in [4.78, 5) is 30.9. The molecule has 3 aromatic heterocycles. The molecule has 10 heteroatoms. The van der Waals surface area contributed by atoms with Crippen LogP contribution in [0.15, 0.2) is 41.6 Å². The number of carbonyl (C=O) groups is 1. The fraction of sp³-hybridized carbons (Fsp3) is 0.211. The van der Waals surface area contributed by atoms with Crippen LogP contribution in [-0.2, 0) is 0 Å². The van der Waals surface area contributed by atoms with Gasteiger partial charge in [-0.1, -0.05) is 30.7 Å². The summed E-state index contributed by atoms with van der Waals surface area (Å²) >= 11 is 6.14. The lowest BCUT2D eigenvalue weighted by molar-refractivity contribution is 0.0697. The normalized spacial score (nSPS) is 12.4. The van der Waals surface area contributed by atoms with Gasteiger partial charge in [-0.3, -0.25) is 14.5 Å². The molecule has 0 spiro atoms. The van der Waals surface area contributed by atoms with Crippen molar-refractivity contribution in [2.24, 2.45) is 0 Å². The molecule has 0 aliphatic carbocycles. The number of carboxylic acid groups (broad SMARTS) is 1. The number of aromatic carboxylic acids is 1. The predicted octanol–water partition coefficient (Wildman–Crippen LogP) is 2.96. The van der Waals surface area contributed by atoms with Crippen molar-refractivity contribution in [3.8, 4) is 5.95 Å². The van der Waals surface area contributed by atoms with Crippen molar-refractivity contribution in [2.45, 2.75) is 26.3 Å². The first-order valence-electron chi connectivity index (χ1n) is 8.91. The molecular formula is C19H17ClN6O3. The Morgan fingerprint density at radius 2 is 2.10 bits per heavy atom. The Morgan fingerprint density at radius 3 is 2.76 bits per heavy atom. The molecule has 0 saturated carbocycles. The molecule has 29 heavy (non-hydrogen) atoms. The van der Waals surface area contributed by atoms with Crippen LogP contribution in [0.5, 0.6) is 0 Å². The molecule has 3 heterocycles. The van der Waals surface area contributed by atoms with E-state index in [0.717, 1.165) is 11.1 Å². The summed E-state index contributed by atoms with van der Waals surface area (Å²) in [5, 5.41) is 18.1. The SMILES string of the molecule is CCC(c1ccc(Cl)c(C)c1)n1ncc2nc(-n3cc(C(=O)O)cn3)[nH]c(=O)c21. The number of benzene rings is 1. The second-order valence-electron chi connectivity index (χ2n) is 6.62. The summed E-state index contributed by atoms with van der Waals surface area (Å²) in [7, 11) is 0. The van der Waals surface area contributed by atoms with Gasteiger partial charge >= 0.3 is 5.97 Å². The van der Waals surface area contributed by atoms with Crippen molar-refractivity contribution in [3.05, 3.63) is 68.9 Å². The molecule has 0 aliphatic heterocycles. The Hall–Kier alpha value is -3.46. The number of aryl methyl sites for hydroxylation is 1. The third-order valence-electron chi connectivity index (χ3n) is 4.74. The van der Waals surface area contributed by atoms with Crippen LogP contribution in [0.1, 0.15) is 40.9 Å². The number of aromatic nitrogens is 6. The Kier molecular flexibility index (Phi) is 4.67. The quantitative estimate of drug-likeness (QED) is 0.520. The molecule has 9 nitrogen and oxygen atoms in total. The van der Waals surface area contributed by atoms with Crippen molar-refractivity contribution in [3.63, 3.8) is 0 Å². The van der Waals surface area contributed by atoms with E-state index in [1.807, 2.05) is 32.0 Å². The Morgan fingerprint density at radius 1 is 1.31 bits per heavy atom. The van der Waals surface area contributed by atoms with E-state index in [4.69, 9.17) is 16.7 Å². The Bertz CT molecular complexity index is 1290. The van der Waals surface area contributed by atoms with E-state index in [0.29, 0.717) is 22.5 Å². The van der Waals surface area contributed by atoms with Gasteiger partial charge in [-0.15, -0.1) is 0 Å². The highest BCUT2D eigenvalue weighted by molar-refractivity contribution is 6.31. The van der Waals surface area contributed by atoms with E-state index >= 15 is 0 Å². The number of fused-ring (bicyclic) bond motifs is 1. The van der Waals surface area contributed by atoms with Gasteiger partial charge in [0.25, 0.3) is 5.56 Å². The van der Waals surface area contributed by atoms with Gasteiger partial charge in [-0.05, 0) is 30.5 Å². The molecule has 0 aliphatic rings. The topological polar surface area (TPSA) is 119 Å². The minimum Gasteiger partial charge on any atom is -0.478 e. The summed E-state index contributed by atoms with van der Waals surface area (Å²) in [6, 6.07) is 5.57. The predicted molar refractivity (Wildman–Crippen MR) is 107 cm³/mol. The van der Waals surface area contributed by atoms with Gasteiger partial charge in [0, 0.05) is 11.2 Å². The first-order chi connectivity index (χ1) is 13.9. The third-order valence-corrected chi connectivity index (χ3v) is 5.16. The van der Waals surface area contributed by atoms with Crippen LogP contribution in [0.25, 0.3) is 17.0 Å². The van der Waals surface area contributed by atoms with Crippen molar-refractivity contribution >= 4 is 28.6 Å². The zero-order valence-electron chi connectivity index (χ0n) is 15.6. The van der Waals surface area contributed by atoms with Crippen LogP contribution >= 0.6 is 11.6 Å². The van der Waals surface area contributed by atoms with Crippen molar-refractivity contribution in [2.75, 3.05) is 0 Å². The minimum atomic E-state index is -1.11.